The highest BCUT2D eigenvalue weighted by Crippen LogP contribution is 2.54. The smallest absolute Gasteiger partial charge is 0.323 e. The fourth-order valence-electron chi connectivity index (χ4n) is 1.17. The van der Waals surface area contributed by atoms with Gasteiger partial charge in [-0.05, 0) is 12.0 Å². The van der Waals surface area contributed by atoms with E-state index in [1.165, 1.54) is 11.4 Å². The van der Waals surface area contributed by atoms with E-state index < -0.39 is 14.8 Å². The van der Waals surface area contributed by atoms with Gasteiger partial charge in [-0.15, -0.1) is 0 Å². The standard InChI is InChI=1S/C8H21O3PS2Si/c1-5-12(9,13)14-7-6-8(2)15(10-3)11-4/h8,15H,5-7H2,1-4H3,(H,9,13). The van der Waals surface area contributed by atoms with Crippen molar-refractivity contribution < 1.29 is 13.7 Å². The molecule has 0 saturated carbocycles. The van der Waals surface area contributed by atoms with Crippen LogP contribution in [-0.2, 0) is 20.7 Å². The second-order valence-corrected chi connectivity index (χ2v) is 13.9. The molecule has 0 heterocycles. The van der Waals surface area contributed by atoms with Crippen LogP contribution in [0.25, 0.3) is 0 Å². The van der Waals surface area contributed by atoms with Crippen LogP contribution in [0.5, 0.6) is 0 Å². The summed E-state index contributed by atoms with van der Waals surface area (Å²) in [4.78, 5) is 9.73. The van der Waals surface area contributed by atoms with Crippen LogP contribution in [0.1, 0.15) is 20.3 Å². The van der Waals surface area contributed by atoms with Crippen molar-refractivity contribution in [3.8, 4) is 0 Å². The Labute approximate surface area is 104 Å². The lowest BCUT2D eigenvalue weighted by atomic mass is 10.4. The molecule has 0 aliphatic carbocycles. The second kappa shape index (κ2) is 8.23. The molecule has 0 aromatic carbocycles. The Morgan fingerprint density at radius 2 is 2.00 bits per heavy atom. The van der Waals surface area contributed by atoms with Gasteiger partial charge in [0.25, 0.3) is 0 Å². The van der Waals surface area contributed by atoms with Crippen LogP contribution in [-0.4, -0.2) is 40.3 Å². The Kier molecular flexibility index (Phi) is 8.83. The molecular formula is C8H21O3PS2Si. The fraction of sp³-hybridized carbons (Fsp3) is 1.00. The first kappa shape index (κ1) is 16.1. The molecule has 0 saturated heterocycles. The van der Waals surface area contributed by atoms with Gasteiger partial charge in [0.2, 0.25) is 0 Å². The number of hydrogen-bond donors (Lipinski definition) is 1. The van der Waals surface area contributed by atoms with E-state index in [-0.39, 0.29) is 0 Å². The van der Waals surface area contributed by atoms with E-state index in [1.54, 1.807) is 14.2 Å². The zero-order chi connectivity index (χ0) is 11.9. The molecule has 0 fully saturated rings. The summed E-state index contributed by atoms with van der Waals surface area (Å²) < 4.78 is 10.6. The molecule has 1 N–H and O–H groups in total. The predicted molar refractivity (Wildman–Crippen MR) is 74.7 cm³/mol. The van der Waals surface area contributed by atoms with E-state index in [4.69, 9.17) is 20.7 Å². The molecule has 2 atom stereocenters. The van der Waals surface area contributed by atoms with Crippen molar-refractivity contribution in [1.82, 2.24) is 0 Å². The highest BCUT2D eigenvalue weighted by molar-refractivity contribution is 8.69. The summed E-state index contributed by atoms with van der Waals surface area (Å²) in [6, 6.07) is 0. The van der Waals surface area contributed by atoms with Crippen LogP contribution < -0.4 is 0 Å². The molecule has 0 rings (SSSR count). The average molecular weight is 288 g/mol. The maximum absolute atomic E-state index is 9.73. The van der Waals surface area contributed by atoms with E-state index in [0.717, 1.165) is 12.2 Å². The normalized spacial score (nSPS) is 17.7. The molecular weight excluding hydrogens is 267 g/mol. The molecule has 2 unspecified atom stereocenters. The van der Waals surface area contributed by atoms with Gasteiger partial charge >= 0.3 is 9.28 Å². The lowest BCUT2D eigenvalue weighted by Crippen LogP contribution is -2.24. The van der Waals surface area contributed by atoms with E-state index in [9.17, 15) is 4.89 Å². The largest absolute Gasteiger partial charge is 0.400 e. The first-order valence-electron chi connectivity index (χ1n) is 4.98. The molecule has 3 nitrogen and oxygen atoms in total. The molecule has 0 spiro atoms. The van der Waals surface area contributed by atoms with Crippen LogP contribution in [0.4, 0.5) is 0 Å². The van der Waals surface area contributed by atoms with Gasteiger partial charge < -0.3 is 13.7 Å². The summed E-state index contributed by atoms with van der Waals surface area (Å²) >= 11 is 6.64. The van der Waals surface area contributed by atoms with Crippen molar-refractivity contribution in [2.75, 3.05) is 26.1 Å². The summed E-state index contributed by atoms with van der Waals surface area (Å²) in [6.07, 6.45) is 1.71. The van der Waals surface area contributed by atoms with E-state index >= 15 is 0 Å². The number of rotatable bonds is 8. The topological polar surface area (TPSA) is 38.7 Å². The highest BCUT2D eigenvalue weighted by Gasteiger charge is 2.20. The van der Waals surface area contributed by atoms with Crippen molar-refractivity contribution in [2.45, 2.75) is 25.8 Å². The zero-order valence-electron chi connectivity index (χ0n) is 9.80. The van der Waals surface area contributed by atoms with Crippen molar-refractivity contribution in [1.29, 1.82) is 0 Å². The Balaban J connectivity index is 3.81. The molecule has 92 valence electrons. The first-order chi connectivity index (χ1) is 6.96. The van der Waals surface area contributed by atoms with Gasteiger partial charge in [0.15, 0.2) is 0 Å². The Morgan fingerprint density at radius 1 is 1.47 bits per heavy atom. The van der Waals surface area contributed by atoms with Gasteiger partial charge in [-0.3, -0.25) is 0 Å². The van der Waals surface area contributed by atoms with Crippen LogP contribution in [0.3, 0.4) is 0 Å². The Hall–Kier alpha value is 1.10. The minimum atomic E-state index is -2.09. The first-order valence-corrected chi connectivity index (χ1v) is 11.1. The molecule has 0 radical (unpaired) electrons. The van der Waals surface area contributed by atoms with Crippen LogP contribution in [0.15, 0.2) is 0 Å². The third-order valence-corrected chi connectivity index (χ3v) is 10.3. The van der Waals surface area contributed by atoms with Gasteiger partial charge in [-0.1, -0.05) is 37.0 Å². The van der Waals surface area contributed by atoms with Crippen molar-refractivity contribution >= 4 is 37.9 Å². The molecule has 15 heavy (non-hydrogen) atoms. The van der Waals surface area contributed by atoms with Crippen molar-refractivity contribution in [2.24, 2.45) is 0 Å². The summed E-state index contributed by atoms with van der Waals surface area (Å²) in [5, 5.41) is 0. The van der Waals surface area contributed by atoms with Crippen LogP contribution in [0.2, 0.25) is 5.54 Å². The van der Waals surface area contributed by atoms with E-state index in [0.29, 0.717) is 11.7 Å². The van der Waals surface area contributed by atoms with Gasteiger partial charge in [-0.25, -0.2) is 0 Å². The quantitative estimate of drug-likeness (QED) is 0.548. The lowest BCUT2D eigenvalue weighted by Gasteiger charge is -2.19. The molecule has 0 aromatic heterocycles. The van der Waals surface area contributed by atoms with Gasteiger partial charge in [0.05, 0.1) is 0 Å². The highest BCUT2D eigenvalue weighted by atomic mass is 32.9. The minimum Gasteiger partial charge on any atom is -0.400 e. The third-order valence-electron chi connectivity index (χ3n) is 2.20. The minimum absolute atomic E-state index is 0.458. The lowest BCUT2D eigenvalue weighted by molar-refractivity contribution is 0.266. The van der Waals surface area contributed by atoms with Crippen molar-refractivity contribution in [3.05, 3.63) is 0 Å². The maximum atomic E-state index is 9.73. The summed E-state index contributed by atoms with van der Waals surface area (Å²) in [6.45, 7) is 4.08. The molecule has 0 bridgehead atoms. The van der Waals surface area contributed by atoms with Gasteiger partial charge in [0.1, 0.15) is 5.47 Å². The van der Waals surface area contributed by atoms with Crippen molar-refractivity contribution in [3.63, 3.8) is 0 Å². The molecule has 0 amide bonds. The Bertz CT molecular complexity index is 214. The second-order valence-electron chi connectivity index (χ2n) is 3.39. The summed E-state index contributed by atoms with van der Waals surface area (Å²) in [7, 11) is 1.90. The summed E-state index contributed by atoms with van der Waals surface area (Å²) in [5.74, 6) is 0.902. The average Bonchev–Trinajstić information content (AvgIpc) is 2.19. The molecule has 0 aromatic rings. The molecule has 7 heteroatoms. The zero-order valence-corrected chi connectivity index (χ0v) is 13.5. The molecule has 0 aliphatic rings. The monoisotopic (exact) mass is 288 g/mol. The fourth-order valence-corrected chi connectivity index (χ4v) is 6.31. The van der Waals surface area contributed by atoms with Crippen LogP contribution >= 0.6 is 16.8 Å². The van der Waals surface area contributed by atoms with E-state index in [1.807, 2.05) is 6.92 Å². The third kappa shape index (κ3) is 7.10. The SMILES string of the molecule is CCP(O)(=S)SCCC(C)[SiH](OC)OC. The van der Waals surface area contributed by atoms with Gasteiger partial charge in [-0.2, -0.15) is 0 Å². The molecule has 0 aliphatic heterocycles. The number of hydrogen-bond acceptors (Lipinski definition) is 4. The maximum Gasteiger partial charge on any atom is 0.323 e. The Morgan fingerprint density at radius 3 is 2.40 bits per heavy atom. The van der Waals surface area contributed by atoms with Crippen LogP contribution in [0, 0.1) is 0 Å². The van der Waals surface area contributed by atoms with E-state index in [2.05, 4.69) is 6.92 Å². The van der Waals surface area contributed by atoms with Gasteiger partial charge in [0, 0.05) is 26.1 Å². The summed E-state index contributed by atoms with van der Waals surface area (Å²) in [5.41, 5.74) is -1.64. The predicted octanol–water partition coefficient (Wildman–Crippen LogP) is 2.33.